The number of pyridine rings is 1. The van der Waals surface area contributed by atoms with Crippen molar-refractivity contribution in [3.8, 4) is 0 Å². The van der Waals surface area contributed by atoms with Crippen molar-refractivity contribution < 1.29 is 15.0 Å². The van der Waals surface area contributed by atoms with Crippen molar-refractivity contribution in [2.75, 3.05) is 5.32 Å². The molecule has 0 spiro atoms. The van der Waals surface area contributed by atoms with Crippen molar-refractivity contribution in [2.45, 2.75) is 17.9 Å². The molecule has 0 fully saturated rings. The average molecular weight is 216 g/mol. The van der Waals surface area contributed by atoms with Crippen LogP contribution in [0.3, 0.4) is 0 Å². The maximum Gasteiger partial charge on any atom is 0.305 e. The maximum atomic E-state index is 10.6. The van der Waals surface area contributed by atoms with Crippen molar-refractivity contribution in [3.63, 3.8) is 0 Å². The third-order valence-electron chi connectivity index (χ3n) is 1.92. The van der Waals surface area contributed by atoms with Crippen LogP contribution < -0.4 is 5.32 Å². The fourth-order valence-electron chi connectivity index (χ4n) is 1.13. The van der Waals surface area contributed by atoms with Gasteiger partial charge in [0, 0.05) is 17.6 Å². The molecular formula is C9H10B2N2O3. The summed E-state index contributed by atoms with van der Waals surface area (Å²) in [6, 6.07) is 3.99. The zero-order valence-electron chi connectivity index (χ0n) is 8.50. The first kappa shape index (κ1) is 12.6. The minimum atomic E-state index is -2.13. The van der Waals surface area contributed by atoms with Gasteiger partial charge in [-0.15, -0.1) is 0 Å². The Hall–Kier alpha value is -1.49. The Morgan fingerprint density at radius 1 is 1.56 bits per heavy atom. The molecule has 0 aliphatic carbocycles. The van der Waals surface area contributed by atoms with Gasteiger partial charge in [0.25, 0.3) is 0 Å². The molecule has 1 rings (SSSR count). The zero-order chi connectivity index (χ0) is 12.2. The molecule has 1 unspecified atom stereocenters. The van der Waals surface area contributed by atoms with Crippen LogP contribution in [0.2, 0.25) is 0 Å². The number of nitrogens with one attached hydrogen (secondary N) is 1. The molecule has 0 bridgehead atoms. The Kier molecular flexibility index (Phi) is 3.95. The SMILES string of the molecule is [B]C([B])(O)C(CC(=O)O)Nc1ccccn1. The Morgan fingerprint density at radius 3 is 2.69 bits per heavy atom. The van der Waals surface area contributed by atoms with Gasteiger partial charge in [0.15, 0.2) is 0 Å². The molecule has 5 nitrogen and oxygen atoms in total. The number of aliphatic carboxylic acids is 1. The number of carboxylic acid groups (broad SMARTS) is 1. The van der Waals surface area contributed by atoms with Crippen LogP contribution in [0.15, 0.2) is 24.4 Å². The predicted molar refractivity (Wildman–Crippen MR) is 60.4 cm³/mol. The second-order valence-electron chi connectivity index (χ2n) is 3.40. The van der Waals surface area contributed by atoms with E-state index in [1.54, 1.807) is 18.2 Å². The number of aliphatic hydroxyl groups is 1. The summed E-state index contributed by atoms with van der Waals surface area (Å²) in [5.41, 5.74) is 0. The van der Waals surface area contributed by atoms with Crippen molar-refractivity contribution in [2.24, 2.45) is 0 Å². The lowest BCUT2D eigenvalue weighted by atomic mass is 9.60. The molecule has 4 radical (unpaired) electrons. The molecule has 0 aliphatic rings. The summed E-state index contributed by atoms with van der Waals surface area (Å²) in [5.74, 6) is -0.731. The lowest BCUT2D eigenvalue weighted by Gasteiger charge is -2.30. The first-order valence-corrected chi connectivity index (χ1v) is 4.59. The Morgan fingerprint density at radius 2 is 2.25 bits per heavy atom. The molecular weight excluding hydrogens is 206 g/mol. The number of hydrogen-bond donors (Lipinski definition) is 3. The van der Waals surface area contributed by atoms with E-state index in [0.29, 0.717) is 5.82 Å². The van der Waals surface area contributed by atoms with Gasteiger partial charge >= 0.3 is 5.97 Å². The largest absolute Gasteiger partial charge is 0.481 e. The molecule has 1 aromatic heterocycles. The maximum absolute atomic E-state index is 10.6. The number of carbonyl (C=O) groups is 1. The summed E-state index contributed by atoms with van der Waals surface area (Å²) in [4.78, 5) is 14.5. The van der Waals surface area contributed by atoms with Gasteiger partial charge < -0.3 is 15.5 Å². The third-order valence-corrected chi connectivity index (χ3v) is 1.92. The number of rotatable bonds is 5. The van der Waals surface area contributed by atoms with Crippen molar-refractivity contribution in [1.82, 2.24) is 4.98 Å². The van der Waals surface area contributed by atoms with E-state index in [0.717, 1.165) is 0 Å². The van der Waals surface area contributed by atoms with Crippen LogP contribution in [0.1, 0.15) is 6.42 Å². The summed E-state index contributed by atoms with van der Waals surface area (Å²) in [6.45, 7) is 0. The number of nitrogens with zero attached hydrogens (tertiary/aromatic N) is 1. The first-order valence-electron chi connectivity index (χ1n) is 4.59. The van der Waals surface area contributed by atoms with E-state index >= 15 is 0 Å². The zero-order valence-corrected chi connectivity index (χ0v) is 8.50. The molecule has 7 heteroatoms. The minimum Gasteiger partial charge on any atom is -0.481 e. The smallest absolute Gasteiger partial charge is 0.305 e. The van der Waals surface area contributed by atoms with E-state index in [9.17, 15) is 9.90 Å². The monoisotopic (exact) mass is 216 g/mol. The lowest BCUT2D eigenvalue weighted by molar-refractivity contribution is -0.137. The highest BCUT2D eigenvalue weighted by atomic mass is 16.4. The number of carboxylic acids is 1. The van der Waals surface area contributed by atoms with Gasteiger partial charge in [0.2, 0.25) is 0 Å². The second kappa shape index (κ2) is 5.03. The normalized spacial score (nSPS) is 13.1. The van der Waals surface area contributed by atoms with E-state index < -0.39 is 23.8 Å². The molecule has 1 aromatic rings. The fraction of sp³-hybridized carbons (Fsp3) is 0.333. The Bertz CT molecular complexity index is 354. The van der Waals surface area contributed by atoms with Gasteiger partial charge in [-0.05, 0) is 12.1 Å². The highest BCUT2D eigenvalue weighted by Gasteiger charge is 2.28. The first-order chi connectivity index (χ1) is 7.39. The van der Waals surface area contributed by atoms with Crippen molar-refractivity contribution in [1.29, 1.82) is 0 Å². The van der Waals surface area contributed by atoms with Crippen molar-refractivity contribution in [3.05, 3.63) is 24.4 Å². The third kappa shape index (κ3) is 3.94. The highest BCUT2D eigenvalue weighted by molar-refractivity contribution is 6.39. The van der Waals surface area contributed by atoms with Gasteiger partial charge in [0.05, 0.1) is 6.42 Å². The predicted octanol–water partition coefficient (Wildman–Crippen LogP) is -0.680. The van der Waals surface area contributed by atoms with E-state index in [1.807, 2.05) is 0 Å². The van der Waals surface area contributed by atoms with Crippen LogP contribution in [0.4, 0.5) is 5.82 Å². The van der Waals surface area contributed by atoms with Gasteiger partial charge in [-0.2, -0.15) is 0 Å². The molecule has 0 amide bonds. The summed E-state index contributed by atoms with van der Waals surface area (Å²) < 4.78 is 0. The van der Waals surface area contributed by atoms with Crippen LogP contribution in [-0.4, -0.2) is 48.3 Å². The lowest BCUT2D eigenvalue weighted by Crippen LogP contribution is -2.49. The topological polar surface area (TPSA) is 82.5 Å². The van der Waals surface area contributed by atoms with E-state index in [2.05, 4.69) is 10.3 Å². The fourth-order valence-corrected chi connectivity index (χ4v) is 1.13. The number of anilines is 1. The standard InChI is InChI=1S/C9H10B2N2O3/c10-9(11,16)6(5-8(14)15)13-7-3-1-2-4-12-7/h1-4,6,16H,5H2,(H,12,13)(H,14,15). The van der Waals surface area contributed by atoms with Crippen LogP contribution in [0, 0.1) is 0 Å². The van der Waals surface area contributed by atoms with Crippen LogP contribution in [0.25, 0.3) is 0 Å². The summed E-state index contributed by atoms with van der Waals surface area (Å²) in [5, 5.41) is 18.6. The molecule has 16 heavy (non-hydrogen) atoms. The molecule has 0 aromatic carbocycles. The summed E-state index contributed by atoms with van der Waals surface area (Å²) in [7, 11) is 10.5. The van der Waals surface area contributed by atoms with Gasteiger partial charge in [-0.25, -0.2) is 4.98 Å². The summed E-state index contributed by atoms with van der Waals surface area (Å²) >= 11 is 0. The second-order valence-corrected chi connectivity index (χ2v) is 3.40. The van der Waals surface area contributed by atoms with Crippen LogP contribution >= 0.6 is 0 Å². The molecule has 0 saturated heterocycles. The quantitative estimate of drug-likeness (QED) is 0.568. The molecule has 0 aliphatic heterocycles. The average Bonchev–Trinajstić information content (AvgIpc) is 2.16. The Balaban J connectivity index is 2.75. The minimum absolute atomic E-state index is 0.392. The molecule has 1 heterocycles. The highest BCUT2D eigenvalue weighted by Crippen LogP contribution is 2.12. The van der Waals surface area contributed by atoms with Gasteiger partial charge in [-0.3, -0.25) is 4.79 Å². The molecule has 1 atom stereocenters. The van der Waals surface area contributed by atoms with Gasteiger partial charge in [-0.1, -0.05) is 6.07 Å². The molecule has 80 valence electrons. The van der Waals surface area contributed by atoms with E-state index in [-0.39, 0.29) is 0 Å². The van der Waals surface area contributed by atoms with Gasteiger partial charge in [0.1, 0.15) is 21.5 Å². The molecule has 0 saturated carbocycles. The number of aromatic nitrogens is 1. The van der Waals surface area contributed by atoms with E-state index in [1.165, 1.54) is 6.20 Å². The summed E-state index contributed by atoms with van der Waals surface area (Å²) in [6.07, 6.45) is 1.10. The van der Waals surface area contributed by atoms with Crippen LogP contribution in [-0.2, 0) is 4.79 Å². The Labute approximate surface area is 95.7 Å². The van der Waals surface area contributed by atoms with E-state index in [4.69, 9.17) is 20.8 Å². The molecule has 3 N–H and O–H groups in total. The van der Waals surface area contributed by atoms with Crippen LogP contribution in [0.5, 0.6) is 0 Å². The van der Waals surface area contributed by atoms with Crippen molar-refractivity contribution >= 4 is 27.5 Å². The number of hydrogen-bond acceptors (Lipinski definition) is 4.